The van der Waals surface area contributed by atoms with Crippen LogP contribution < -0.4 is 5.48 Å². The Bertz CT molecular complexity index is 607. The number of likely N-dealkylation sites (tertiary alicyclic amines) is 1. The molecule has 0 aromatic rings. The van der Waals surface area contributed by atoms with Gasteiger partial charge in [0.2, 0.25) is 0 Å². The van der Waals surface area contributed by atoms with Gasteiger partial charge < -0.3 is 14.5 Å². The third-order valence-corrected chi connectivity index (χ3v) is 5.00. The summed E-state index contributed by atoms with van der Waals surface area (Å²) in [5.41, 5.74) is 1.87. The summed E-state index contributed by atoms with van der Waals surface area (Å²) in [6.45, 7) is 6.68. The number of hydroxylamine groups is 3. The Hall–Kier alpha value is -2.07. The highest BCUT2D eigenvalue weighted by Crippen LogP contribution is 2.28. The SMILES string of the molecule is CC(C)(C)OC(=O)N1CCC[C@@H](ONC(=O)[C@@H]2CC[C@@H]3CN2C(=O)N3O)C1. The van der Waals surface area contributed by atoms with Crippen molar-refractivity contribution in [3.63, 3.8) is 0 Å². The van der Waals surface area contributed by atoms with E-state index >= 15 is 0 Å². The topological polar surface area (TPSA) is 112 Å². The molecule has 152 valence electrons. The molecule has 0 aromatic heterocycles. The second-order valence-corrected chi connectivity index (χ2v) is 8.30. The van der Waals surface area contributed by atoms with Crippen LogP contribution in [0.5, 0.6) is 0 Å². The number of nitrogens with one attached hydrogen (secondary N) is 1. The standard InChI is InChI=1S/C17H28N4O6/c1-17(2,3)26-16(24)19-8-4-5-12(10-19)27-18-14(22)13-7-6-11-9-20(13)15(23)21(11)25/h11-13,25H,4-10H2,1-3H3,(H,18,22)/t11-,12-,13+/m1/s1. The van der Waals surface area contributed by atoms with Crippen molar-refractivity contribution in [3.8, 4) is 0 Å². The third kappa shape index (κ3) is 4.44. The lowest BCUT2D eigenvalue weighted by atomic mass is 10.0. The quantitative estimate of drug-likeness (QED) is 0.557. The number of hydrogen-bond donors (Lipinski definition) is 2. The Labute approximate surface area is 158 Å². The van der Waals surface area contributed by atoms with Gasteiger partial charge in [0.1, 0.15) is 17.7 Å². The first-order valence-corrected chi connectivity index (χ1v) is 9.38. The minimum atomic E-state index is -0.656. The molecule has 10 nitrogen and oxygen atoms in total. The Morgan fingerprint density at radius 3 is 2.63 bits per heavy atom. The molecule has 0 radical (unpaired) electrons. The predicted octanol–water partition coefficient (Wildman–Crippen LogP) is 1.09. The number of ether oxygens (including phenoxy) is 1. The van der Waals surface area contributed by atoms with Gasteiger partial charge >= 0.3 is 12.1 Å². The molecule has 4 amide bonds. The smallest absolute Gasteiger partial charge is 0.410 e. The molecule has 10 heteroatoms. The number of nitrogens with zero attached hydrogens (tertiary/aromatic N) is 3. The van der Waals surface area contributed by atoms with Gasteiger partial charge in [-0.25, -0.2) is 20.1 Å². The minimum Gasteiger partial charge on any atom is -0.444 e. The summed E-state index contributed by atoms with van der Waals surface area (Å²) in [7, 11) is 0. The van der Waals surface area contributed by atoms with Crippen LogP contribution in [-0.4, -0.2) is 81.5 Å². The Morgan fingerprint density at radius 2 is 1.93 bits per heavy atom. The summed E-state index contributed by atoms with van der Waals surface area (Å²) in [5, 5.41) is 10.4. The monoisotopic (exact) mass is 384 g/mol. The zero-order valence-electron chi connectivity index (χ0n) is 16.0. The van der Waals surface area contributed by atoms with Crippen molar-refractivity contribution >= 4 is 18.0 Å². The summed E-state index contributed by atoms with van der Waals surface area (Å²) in [5.74, 6) is -0.411. The summed E-state index contributed by atoms with van der Waals surface area (Å²) in [6.07, 6.45) is 1.75. The fourth-order valence-electron chi connectivity index (χ4n) is 3.66. The van der Waals surface area contributed by atoms with Gasteiger partial charge in [0.05, 0.1) is 12.6 Å². The molecule has 3 saturated heterocycles. The number of urea groups is 1. The van der Waals surface area contributed by atoms with Gasteiger partial charge in [0.15, 0.2) is 0 Å². The number of carbonyl (C=O) groups is 3. The van der Waals surface area contributed by atoms with Gasteiger partial charge in [0, 0.05) is 13.1 Å². The van der Waals surface area contributed by atoms with Crippen LogP contribution in [0.1, 0.15) is 46.5 Å². The highest BCUT2D eigenvalue weighted by Gasteiger charge is 2.47. The van der Waals surface area contributed by atoms with Crippen LogP contribution in [0, 0.1) is 0 Å². The largest absolute Gasteiger partial charge is 0.444 e. The molecule has 3 heterocycles. The summed E-state index contributed by atoms with van der Waals surface area (Å²) >= 11 is 0. The molecule has 3 aliphatic rings. The van der Waals surface area contributed by atoms with Gasteiger partial charge in [-0.2, -0.15) is 0 Å². The molecule has 2 bridgehead atoms. The van der Waals surface area contributed by atoms with Crippen molar-refractivity contribution < 1.29 is 29.2 Å². The average Bonchev–Trinajstić information content (AvgIpc) is 2.83. The lowest BCUT2D eigenvalue weighted by molar-refractivity contribution is -0.146. The minimum absolute atomic E-state index is 0.247. The van der Waals surface area contributed by atoms with Crippen LogP contribution in [0.25, 0.3) is 0 Å². The van der Waals surface area contributed by atoms with E-state index in [1.807, 2.05) is 20.8 Å². The second-order valence-electron chi connectivity index (χ2n) is 8.30. The van der Waals surface area contributed by atoms with Crippen LogP contribution in [0.2, 0.25) is 0 Å². The average molecular weight is 384 g/mol. The summed E-state index contributed by atoms with van der Waals surface area (Å²) in [4.78, 5) is 45.0. The van der Waals surface area contributed by atoms with E-state index in [0.717, 1.165) is 6.42 Å². The predicted molar refractivity (Wildman–Crippen MR) is 92.6 cm³/mol. The second kappa shape index (κ2) is 7.51. The maximum Gasteiger partial charge on any atom is 0.410 e. The van der Waals surface area contributed by atoms with Crippen LogP contribution in [0.4, 0.5) is 9.59 Å². The lowest BCUT2D eigenvalue weighted by Crippen LogP contribution is -2.52. The van der Waals surface area contributed by atoms with Gasteiger partial charge in [-0.05, 0) is 46.5 Å². The van der Waals surface area contributed by atoms with E-state index in [1.165, 1.54) is 4.90 Å². The van der Waals surface area contributed by atoms with E-state index in [2.05, 4.69) is 5.48 Å². The molecule has 3 fully saturated rings. The van der Waals surface area contributed by atoms with Crippen molar-refractivity contribution in [2.24, 2.45) is 0 Å². The fraction of sp³-hybridized carbons (Fsp3) is 0.824. The van der Waals surface area contributed by atoms with Crippen LogP contribution in [0.15, 0.2) is 0 Å². The van der Waals surface area contributed by atoms with E-state index < -0.39 is 29.7 Å². The molecular formula is C17H28N4O6. The molecule has 0 saturated carbocycles. The molecule has 0 spiro atoms. The molecule has 0 aliphatic carbocycles. The van der Waals surface area contributed by atoms with Crippen molar-refractivity contribution in [2.75, 3.05) is 19.6 Å². The van der Waals surface area contributed by atoms with Crippen molar-refractivity contribution in [1.82, 2.24) is 20.3 Å². The van der Waals surface area contributed by atoms with Crippen molar-refractivity contribution in [1.29, 1.82) is 0 Å². The van der Waals surface area contributed by atoms with Gasteiger partial charge in [-0.15, -0.1) is 0 Å². The maximum absolute atomic E-state index is 12.4. The molecular weight excluding hydrogens is 356 g/mol. The highest BCUT2D eigenvalue weighted by molar-refractivity contribution is 5.87. The van der Waals surface area contributed by atoms with E-state index in [-0.39, 0.29) is 12.1 Å². The van der Waals surface area contributed by atoms with E-state index in [4.69, 9.17) is 9.57 Å². The van der Waals surface area contributed by atoms with Gasteiger partial charge in [0.25, 0.3) is 5.91 Å². The Morgan fingerprint density at radius 1 is 1.19 bits per heavy atom. The fourth-order valence-corrected chi connectivity index (χ4v) is 3.66. The van der Waals surface area contributed by atoms with E-state index in [1.54, 1.807) is 4.90 Å². The third-order valence-electron chi connectivity index (χ3n) is 5.00. The molecule has 27 heavy (non-hydrogen) atoms. The van der Waals surface area contributed by atoms with Crippen LogP contribution >= 0.6 is 0 Å². The lowest BCUT2D eigenvalue weighted by Gasteiger charge is -2.34. The molecule has 0 unspecified atom stereocenters. The first kappa shape index (κ1) is 19.7. The molecule has 2 N–H and O–H groups in total. The Kier molecular flexibility index (Phi) is 5.48. The summed E-state index contributed by atoms with van der Waals surface area (Å²) in [6, 6.07) is -1.45. The highest BCUT2D eigenvalue weighted by atomic mass is 16.7. The van der Waals surface area contributed by atoms with E-state index in [0.29, 0.717) is 44.0 Å². The maximum atomic E-state index is 12.4. The number of rotatable bonds is 3. The van der Waals surface area contributed by atoms with Crippen LogP contribution in [0.3, 0.4) is 0 Å². The number of hydrogen-bond acceptors (Lipinski definition) is 6. The first-order chi connectivity index (χ1) is 12.7. The Balaban J connectivity index is 1.49. The number of fused-ring (bicyclic) bond motifs is 2. The van der Waals surface area contributed by atoms with Crippen molar-refractivity contribution in [3.05, 3.63) is 0 Å². The summed E-state index contributed by atoms with van der Waals surface area (Å²) < 4.78 is 5.37. The normalized spacial score (nSPS) is 28.4. The molecule has 0 aromatic carbocycles. The molecule has 3 atom stereocenters. The van der Waals surface area contributed by atoms with Crippen molar-refractivity contribution in [2.45, 2.75) is 70.2 Å². The van der Waals surface area contributed by atoms with Crippen LogP contribution in [-0.2, 0) is 14.4 Å². The van der Waals surface area contributed by atoms with E-state index in [9.17, 15) is 19.6 Å². The van der Waals surface area contributed by atoms with Gasteiger partial charge in [-0.3, -0.25) is 14.8 Å². The first-order valence-electron chi connectivity index (χ1n) is 9.38. The zero-order valence-corrected chi connectivity index (χ0v) is 16.0. The molecule has 3 aliphatic heterocycles. The molecule has 3 rings (SSSR count). The number of piperidine rings is 2. The number of amides is 4. The zero-order chi connectivity index (χ0) is 19.8. The number of carbonyl (C=O) groups excluding carboxylic acids is 3. The van der Waals surface area contributed by atoms with Gasteiger partial charge in [-0.1, -0.05) is 0 Å².